The normalized spacial score (nSPS) is 12.2. The molecule has 0 aliphatic rings. The molecule has 0 saturated heterocycles. The molecule has 0 bridgehead atoms. The highest BCUT2D eigenvalue weighted by Crippen LogP contribution is 2.20. The van der Waals surface area contributed by atoms with E-state index in [1.165, 1.54) is 0 Å². The van der Waals surface area contributed by atoms with Crippen LogP contribution in [0.3, 0.4) is 0 Å². The van der Waals surface area contributed by atoms with E-state index >= 15 is 0 Å². The van der Waals surface area contributed by atoms with Gasteiger partial charge in [0.2, 0.25) is 0 Å². The van der Waals surface area contributed by atoms with Gasteiger partial charge in [-0.2, -0.15) is 11.8 Å². The van der Waals surface area contributed by atoms with Crippen LogP contribution < -0.4 is 5.32 Å². The second-order valence-corrected chi connectivity index (χ2v) is 6.30. The van der Waals surface area contributed by atoms with Crippen LogP contribution in [0.2, 0.25) is 0 Å². The van der Waals surface area contributed by atoms with E-state index in [-0.39, 0.29) is 11.9 Å². The van der Waals surface area contributed by atoms with Crippen molar-refractivity contribution in [2.45, 2.75) is 12.5 Å². The van der Waals surface area contributed by atoms with Gasteiger partial charge < -0.3 is 10.3 Å². The number of aromatic nitrogens is 2. The lowest BCUT2D eigenvalue weighted by Gasteiger charge is -2.16. The Bertz CT molecular complexity index is 752. The molecule has 0 radical (unpaired) electrons. The van der Waals surface area contributed by atoms with Gasteiger partial charge in [-0.1, -0.05) is 30.3 Å². The summed E-state index contributed by atoms with van der Waals surface area (Å²) in [6, 6.07) is 17.1. The zero-order chi connectivity index (χ0) is 16.1. The quantitative estimate of drug-likeness (QED) is 0.725. The fraction of sp³-hybridized carbons (Fsp3) is 0.222. The van der Waals surface area contributed by atoms with E-state index in [1.54, 1.807) is 11.8 Å². The van der Waals surface area contributed by atoms with E-state index in [0.717, 1.165) is 29.0 Å². The van der Waals surface area contributed by atoms with E-state index < -0.39 is 0 Å². The fourth-order valence-corrected chi connectivity index (χ4v) is 2.95. The SMILES string of the molecule is CSCCC(NC(=O)c1ccccc1)c1nc2ccccc2[nH]1. The van der Waals surface area contributed by atoms with Crippen molar-refractivity contribution >= 4 is 28.7 Å². The highest BCUT2D eigenvalue weighted by atomic mass is 32.2. The Morgan fingerprint density at radius 3 is 2.65 bits per heavy atom. The van der Waals surface area contributed by atoms with Crippen LogP contribution in [-0.2, 0) is 0 Å². The Hall–Kier alpha value is -2.27. The highest BCUT2D eigenvalue weighted by molar-refractivity contribution is 7.98. The minimum atomic E-state index is -0.123. The number of nitrogens with one attached hydrogen (secondary N) is 2. The fourth-order valence-electron chi connectivity index (χ4n) is 2.48. The van der Waals surface area contributed by atoms with Crippen molar-refractivity contribution in [3.8, 4) is 0 Å². The van der Waals surface area contributed by atoms with Gasteiger partial charge in [0.15, 0.2) is 0 Å². The van der Waals surface area contributed by atoms with Crippen LogP contribution in [0.15, 0.2) is 54.6 Å². The number of fused-ring (bicyclic) bond motifs is 1. The molecule has 1 amide bonds. The summed E-state index contributed by atoms with van der Waals surface area (Å²) in [5.41, 5.74) is 2.58. The second kappa shape index (κ2) is 7.33. The van der Waals surface area contributed by atoms with E-state index in [0.29, 0.717) is 5.56 Å². The maximum Gasteiger partial charge on any atom is 0.251 e. The molecule has 3 aromatic rings. The number of aromatic amines is 1. The van der Waals surface area contributed by atoms with Crippen molar-refractivity contribution < 1.29 is 4.79 Å². The largest absolute Gasteiger partial charge is 0.342 e. The van der Waals surface area contributed by atoms with Crippen molar-refractivity contribution in [3.63, 3.8) is 0 Å². The van der Waals surface area contributed by atoms with E-state index in [9.17, 15) is 4.79 Å². The molecule has 4 nitrogen and oxygen atoms in total. The lowest BCUT2D eigenvalue weighted by molar-refractivity contribution is 0.0934. The van der Waals surface area contributed by atoms with Gasteiger partial charge in [-0.25, -0.2) is 4.98 Å². The molecule has 1 atom stereocenters. The van der Waals surface area contributed by atoms with Gasteiger partial charge >= 0.3 is 0 Å². The zero-order valence-corrected chi connectivity index (χ0v) is 13.8. The number of hydrogen-bond donors (Lipinski definition) is 2. The minimum Gasteiger partial charge on any atom is -0.342 e. The van der Waals surface area contributed by atoms with E-state index in [1.807, 2.05) is 54.6 Å². The summed E-state index contributed by atoms with van der Waals surface area (Å²) in [6.07, 6.45) is 2.90. The first-order chi connectivity index (χ1) is 11.3. The average molecular weight is 325 g/mol. The molecule has 1 heterocycles. The third-order valence-electron chi connectivity index (χ3n) is 3.69. The van der Waals surface area contributed by atoms with Crippen LogP contribution in [0.5, 0.6) is 0 Å². The van der Waals surface area contributed by atoms with Crippen LogP contribution in [0, 0.1) is 0 Å². The van der Waals surface area contributed by atoms with Gasteiger partial charge in [-0.15, -0.1) is 0 Å². The zero-order valence-electron chi connectivity index (χ0n) is 13.0. The van der Waals surface area contributed by atoms with Crippen LogP contribution in [-0.4, -0.2) is 27.9 Å². The summed E-state index contributed by atoms with van der Waals surface area (Å²) in [6.45, 7) is 0. The van der Waals surface area contributed by atoms with Crippen LogP contribution in [0.1, 0.15) is 28.6 Å². The Morgan fingerprint density at radius 1 is 1.17 bits per heavy atom. The van der Waals surface area contributed by atoms with Gasteiger partial charge in [0.05, 0.1) is 17.1 Å². The summed E-state index contributed by atoms with van der Waals surface area (Å²) < 4.78 is 0. The van der Waals surface area contributed by atoms with E-state index in [2.05, 4.69) is 21.5 Å². The maximum atomic E-state index is 12.4. The summed E-state index contributed by atoms with van der Waals surface area (Å²) in [5.74, 6) is 1.69. The monoisotopic (exact) mass is 325 g/mol. The number of amides is 1. The lowest BCUT2D eigenvalue weighted by Crippen LogP contribution is -2.29. The molecular weight excluding hydrogens is 306 g/mol. The van der Waals surface area contributed by atoms with E-state index in [4.69, 9.17) is 0 Å². The third kappa shape index (κ3) is 3.74. The minimum absolute atomic E-state index is 0.0721. The highest BCUT2D eigenvalue weighted by Gasteiger charge is 2.18. The average Bonchev–Trinajstić information content (AvgIpc) is 3.03. The number of imidazole rings is 1. The Kier molecular flexibility index (Phi) is 4.98. The third-order valence-corrected chi connectivity index (χ3v) is 4.33. The number of benzene rings is 2. The molecule has 0 aliphatic heterocycles. The molecule has 1 unspecified atom stereocenters. The second-order valence-electron chi connectivity index (χ2n) is 5.31. The number of carbonyl (C=O) groups excluding carboxylic acids is 1. The molecule has 2 aromatic carbocycles. The summed E-state index contributed by atoms with van der Waals surface area (Å²) in [7, 11) is 0. The Labute approximate surface area is 139 Å². The molecule has 0 fully saturated rings. The topological polar surface area (TPSA) is 57.8 Å². The van der Waals surface area contributed by atoms with Crippen molar-refractivity contribution in [3.05, 3.63) is 66.0 Å². The smallest absolute Gasteiger partial charge is 0.251 e. The van der Waals surface area contributed by atoms with Crippen molar-refractivity contribution in [2.75, 3.05) is 12.0 Å². The lowest BCUT2D eigenvalue weighted by atomic mass is 10.1. The van der Waals surface area contributed by atoms with Crippen LogP contribution in [0.4, 0.5) is 0 Å². The Morgan fingerprint density at radius 2 is 1.91 bits per heavy atom. The first-order valence-electron chi connectivity index (χ1n) is 7.57. The standard InChI is InChI=1S/C18H19N3OS/c1-23-12-11-16(21-18(22)13-7-3-2-4-8-13)17-19-14-9-5-6-10-15(14)20-17/h2-10,16H,11-12H2,1H3,(H,19,20)(H,21,22). The molecule has 1 aromatic heterocycles. The molecule has 2 N–H and O–H groups in total. The number of nitrogens with zero attached hydrogens (tertiary/aromatic N) is 1. The van der Waals surface area contributed by atoms with Gasteiger partial charge in [0.25, 0.3) is 5.91 Å². The predicted octanol–water partition coefficient (Wildman–Crippen LogP) is 3.79. The predicted molar refractivity (Wildman–Crippen MR) is 95.7 cm³/mol. The van der Waals surface area contributed by atoms with Gasteiger partial charge in [-0.3, -0.25) is 4.79 Å². The summed E-state index contributed by atoms with van der Waals surface area (Å²) in [5, 5.41) is 3.10. The molecule has 118 valence electrons. The number of para-hydroxylation sites is 2. The number of thioether (sulfide) groups is 1. The molecule has 0 spiro atoms. The first kappa shape index (κ1) is 15.6. The molecule has 0 aliphatic carbocycles. The molecular formula is C18H19N3OS. The van der Waals surface area contributed by atoms with Crippen molar-refractivity contribution in [2.24, 2.45) is 0 Å². The summed E-state index contributed by atoms with van der Waals surface area (Å²) in [4.78, 5) is 20.4. The summed E-state index contributed by atoms with van der Waals surface area (Å²) >= 11 is 1.76. The van der Waals surface area contributed by atoms with Crippen molar-refractivity contribution in [1.29, 1.82) is 0 Å². The van der Waals surface area contributed by atoms with Crippen molar-refractivity contribution in [1.82, 2.24) is 15.3 Å². The maximum absolute atomic E-state index is 12.4. The number of carbonyl (C=O) groups is 1. The number of rotatable bonds is 6. The van der Waals surface area contributed by atoms with Crippen LogP contribution in [0.25, 0.3) is 11.0 Å². The number of hydrogen-bond acceptors (Lipinski definition) is 3. The number of H-pyrrole nitrogens is 1. The van der Waals surface area contributed by atoms with Gasteiger partial charge in [-0.05, 0) is 42.7 Å². The molecule has 3 rings (SSSR count). The molecule has 23 heavy (non-hydrogen) atoms. The Balaban J connectivity index is 1.83. The molecule has 0 saturated carbocycles. The molecule has 5 heteroatoms. The van der Waals surface area contributed by atoms with Gasteiger partial charge in [0, 0.05) is 5.56 Å². The van der Waals surface area contributed by atoms with Crippen LogP contribution >= 0.6 is 11.8 Å². The van der Waals surface area contributed by atoms with Gasteiger partial charge in [0.1, 0.15) is 5.82 Å². The first-order valence-corrected chi connectivity index (χ1v) is 8.97.